The Balaban J connectivity index is -0.000000155. The second-order valence-electron chi connectivity index (χ2n) is 1.86. The minimum absolute atomic E-state index is 0.389. The molecular weight excluding hydrogens is 399 g/mol. The SMILES string of the molecule is [NH3+]CC=O.[NH3+]CC=O.[OH][Pt-2]([OH])([OH])([OH])([OH])[OH]. The molecule has 0 atom stereocenters. The summed E-state index contributed by atoms with van der Waals surface area (Å²) in [6.07, 6.45) is 1.53. The topological polar surface area (TPSA) is 211 Å². The molecule has 0 aliphatic carbocycles. The first-order chi connectivity index (χ1) is 6.28. The number of carbonyl (C=O) groups is 2. The van der Waals surface area contributed by atoms with E-state index in [0.717, 1.165) is 12.6 Å². The van der Waals surface area contributed by atoms with E-state index < -0.39 is 15.8 Å². The molecule has 0 radical (unpaired) electrons. The molecule has 102 valence electrons. The predicted octanol–water partition coefficient (Wildman–Crippen LogP) is -6.49. The van der Waals surface area contributed by atoms with Crippen LogP contribution in [-0.4, -0.2) is 48.2 Å². The Morgan fingerprint density at radius 3 is 0.867 bits per heavy atom. The summed E-state index contributed by atoms with van der Waals surface area (Å²) in [7, 11) is 0. The van der Waals surface area contributed by atoms with Gasteiger partial charge in [-0.05, 0) is 0 Å². The van der Waals surface area contributed by atoms with Gasteiger partial charge in [0.1, 0.15) is 13.1 Å². The van der Waals surface area contributed by atoms with Gasteiger partial charge in [0.15, 0.2) is 12.6 Å². The van der Waals surface area contributed by atoms with Gasteiger partial charge in [-0.15, -0.1) is 0 Å². The molecule has 0 aliphatic heterocycles. The van der Waals surface area contributed by atoms with E-state index in [9.17, 15) is 0 Å². The predicted molar refractivity (Wildman–Crippen MR) is 41.0 cm³/mol. The van der Waals surface area contributed by atoms with E-state index in [1.54, 1.807) is 0 Å². The molecule has 0 heterocycles. The first-order valence-corrected chi connectivity index (χ1v) is 9.23. The zero-order valence-electron chi connectivity index (χ0n) is 7.80. The average Bonchev–Trinajstić information content (AvgIpc) is 1.99. The molecule has 0 bridgehead atoms. The third-order valence-electron chi connectivity index (χ3n) is 0.236. The van der Waals surface area contributed by atoms with Gasteiger partial charge in [-0.2, -0.15) is 0 Å². The van der Waals surface area contributed by atoms with Crippen molar-refractivity contribution in [2.24, 2.45) is 0 Å². The van der Waals surface area contributed by atoms with E-state index in [1.165, 1.54) is 0 Å². The molecule has 0 aliphatic rings. The Labute approximate surface area is 85.6 Å². The van der Waals surface area contributed by atoms with Gasteiger partial charge in [0.25, 0.3) is 0 Å². The van der Waals surface area contributed by atoms with Gasteiger partial charge >= 0.3 is 38.4 Å². The van der Waals surface area contributed by atoms with Crippen LogP contribution in [0.2, 0.25) is 0 Å². The van der Waals surface area contributed by atoms with Crippen molar-refractivity contribution >= 4 is 12.6 Å². The van der Waals surface area contributed by atoms with E-state index in [2.05, 4.69) is 11.5 Å². The molecule has 0 rings (SSSR count). The standard InChI is InChI=1S/2C2H5NO.6H2O.Pt/c2*3-1-2-4;;;;;;;/h2*2H,1,3H2;6*1H2;/q;;;;;;;;+4/p-4. The Bertz CT molecular complexity index is 162. The molecule has 10 nitrogen and oxygen atoms in total. The first kappa shape index (κ1) is 20.2. The summed E-state index contributed by atoms with van der Waals surface area (Å²) in [5.41, 5.74) is 6.47. The summed E-state index contributed by atoms with van der Waals surface area (Å²) in [5.74, 6) is 0. The molecular formula is C4H18N2O8Pt. The maximum atomic E-state index is 9.11. The van der Waals surface area contributed by atoms with Gasteiger partial charge in [0.2, 0.25) is 0 Å². The molecule has 0 fully saturated rings. The average molecular weight is 417 g/mol. The Morgan fingerprint density at radius 1 is 0.800 bits per heavy atom. The van der Waals surface area contributed by atoms with Crippen LogP contribution in [0.3, 0.4) is 0 Å². The van der Waals surface area contributed by atoms with Crippen LogP contribution in [0.15, 0.2) is 0 Å². The van der Waals surface area contributed by atoms with Crippen molar-refractivity contribution in [2.45, 2.75) is 0 Å². The van der Waals surface area contributed by atoms with Crippen LogP contribution in [0.1, 0.15) is 0 Å². The van der Waals surface area contributed by atoms with Crippen LogP contribution >= 0.6 is 0 Å². The Kier molecular flexibility index (Phi) is 8.50. The van der Waals surface area contributed by atoms with Gasteiger partial charge in [-0.3, -0.25) is 9.59 Å². The number of hydrogen-bond acceptors (Lipinski definition) is 8. The molecule has 0 unspecified atom stereocenters. The number of rotatable bonds is 2. The normalized spacial score (nSPS) is 14.1. The van der Waals surface area contributed by atoms with Gasteiger partial charge in [-0.1, -0.05) is 0 Å². The van der Waals surface area contributed by atoms with Crippen molar-refractivity contribution < 1.29 is 59.5 Å². The minimum atomic E-state index is -8.12. The summed E-state index contributed by atoms with van der Waals surface area (Å²) in [5, 5.41) is 0. The summed E-state index contributed by atoms with van der Waals surface area (Å²) in [6, 6.07) is 0. The van der Waals surface area contributed by atoms with Crippen molar-refractivity contribution in [2.75, 3.05) is 13.1 Å². The van der Waals surface area contributed by atoms with Gasteiger partial charge in [-0.25, -0.2) is 0 Å². The van der Waals surface area contributed by atoms with Crippen molar-refractivity contribution in [1.82, 2.24) is 0 Å². The van der Waals surface area contributed by atoms with Gasteiger partial charge < -0.3 is 11.5 Å². The molecule has 12 N–H and O–H groups in total. The fourth-order valence-corrected chi connectivity index (χ4v) is 0. The molecule has 0 saturated heterocycles. The van der Waals surface area contributed by atoms with Crippen LogP contribution in [0.4, 0.5) is 0 Å². The van der Waals surface area contributed by atoms with Crippen LogP contribution in [0.5, 0.6) is 0 Å². The summed E-state index contributed by atoms with van der Waals surface area (Å²) in [6.45, 7) is 0.778. The quantitative estimate of drug-likeness (QED) is 0.202. The van der Waals surface area contributed by atoms with E-state index >= 15 is 0 Å². The third-order valence-corrected chi connectivity index (χ3v) is 0.236. The fourth-order valence-electron chi connectivity index (χ4n) is 0. The molecule has 0 aromatic rings. The van der Waals surface area contributed by atoms with Crippen molar-refractivity contribution in [1.29, 1.82) is 0 Å². The van der Waals surface area contributed by atoms with Gasteiger partial charge in [0.05, 0.1) is 0 Å². The monoisotopic (exact) mass is 417 g/mol. The summed E-state index contributed by atoms with van der Waals surface area (Å²) >= 11 is -8.12. The number of carbonyl (C=O) groups excluding carboxylic acids is 2. The molecule has 0 saturated carbocycles. The second-order valence-corrected chi connectivity index (χ2v) is 8.68. The third kappa shape index (κ3) is 644. The number of hydrogen-bond donors (Lipinski definition) is 8. The van der Waals surface area contributed by atoms with Crippen LogP contribution in [-0.2, 0) is 25.4 Å². The van der Waals surface area contributed by atoms with Crippen molar-refractivity contribution in [3.05, 3.63) is 0 Å². The van der Waals surface area contributed by atoms with Crippen molar-refractivity contribution in [3.8, 4) is 0 Å². The fraction of sp³-hybridized carbons (Fsp3) is 0.500. The van der Waals surface area contributed by atoms with E-state index in [1.807, 2.05) is 0 Å². The van der Waals surface area contributed by atoms with Crippen LogP contribution in [0, 0.1) is 0 Å². The molecule has 0 amide bonds. The number of aldehydes is 2. The van der Waals surface area contributed by atoms with Gasteiger partial charge in [0, 0.05) is 0 Å². The first-order valence-electron chi connectivity index (χ1n) is 3.14. The number of quaternary nitrogens is 2. The van der Waals surface area contributed by atoms with E-state index in [-0.39, 0.29) is 0 Å². The summed E-state index contributed by atoms with van der Waals surface area (Å²) < 4.78 is 44.5. The molecule has 0 aromatic carbocycles. The summed E-state index contributed by atoms with van der Waals surface area (Å²) in [4.78, 5) is 18.2. The molecule has 15 heavy (non-hydrogen) atoms. The maximum absolute atomic E-state index is 9.11. The zero-order chi connectivity index (χ0) is 13.2. The Morgan fingerprint density at radius 2 is 0.867 bits per heavy atom. The zero-order valence-corrected chi connectivity index (χ0v) is 10.1. The second kappa shape index (κ2) is 6.33. The molecule has 0 spiro atoms. The van der Waals surface area contributed by atoms with E-state index in [4.69, 9.17) is 32.1 Å². The molecule has 0 aromatic heterocycles. The van der Waals surface area contributed by atoms with Crippen LogP contribution in [0.25, 0.3) is 0 Å². The van der Waals surface area contributed by atoms with E-state index in [0.29, 0.717) is 13.1 Å². The molecule has 11 heteroatoms. The Hall–Kier alpha value is -0.292. The van der Waals surface area contributed by atoms with Crippen molar-refractivity contribution in [3.63, 3.8) is 0 Å². The van der Waals surface area contributed by atoms with Crippen LogP contribution < -0.4 is 11.5 Å².